The Hall–Kier alpha value is -2.88. The SMILES string of the molecule is CCN(CC)c1ccc2nc3c4ccccc4c(=NCCCC(C)(C)CCCC(C)C)cc-3oc2c1. The van der Waals surface area contributed by atoms with E-state index in [1.165, 1.54) is 31.4 Å². The normalized spacial score (nSPS) is 12.9. The van der Waals surface area contributed by atoms with Crippen molar-refractivity contribution >= 4 is 27.6 Å². The second-order valence-corrected chi connectivity index (χ2v) is 11.3. The minimum atomic E-state index is 0.372. The van der Waals surface area contributed by atoms with E-state index in [-0.39, 0.29) is 0 Å². The maximum absolute atomic E-state index is 6.45. The topological polar surface area (TPSA) is 41.6 Å². The lowest BCUT2D eigenvalue weighted by molar-refractivity contribution is 0.283. The van der Waals surface area contributed by atoms with Gasteiger partial charge in [-0.15, -0.1) is 0 Å². The van der Waals surface area contributed by atoms with Crippen LogP contribution in [0.4, 0.5) is 5.69 Å². The zero-order valence-electron chi connectivity index (χ0n) is 23.1. The summed E-state index contributed by atoms with van der Waals surface area (Å²) >= 11 is 0. The highest BCUT2D eigenvalue weighted by Gasteiger charge is 2.18. The van der Waals surface area contributed by atoms with Gasteiger partial charge in [0.05, 0.1) is 5.36 Å². The van der Waals surface area contributed by atoms with Gasteiger partial charge in [0, 0.05) is 48.2 Å². The number of hydrogen-bond donors (Lipinski definition) is 0. The molecule has 0 unspecified atom stereocenters. The molecule has 0 amide bonds. The predicted molar refractivity (Wildman–Crippen MR) is 154 cm³/mol. The Bertz CT molecular complexity index is 1330. The molecule has 2 aromatic carbocycles. The fourth-order valence-corrected chi connectivity index (χ4v) is 5.21. The lowest BCUT2D eigenvalue weighted by Gasteiger charge is -2.24. The second kappa shape index (κ2) is 11.5. The van der Waals surface area contributed by atoms with Crippen molar-refractivity contribution < 1.29 is 4.42 Å². The molecule has 0 radical (unpaired) electrons. The van der Waals surface area contributed by atoms with Crippen LogP contribution in [0.1, 0.15) is 73.6 Å². The van der Waals surface area contributed by atoms with E-state index in [4.69, 9.17) is 14.4 Å². The molecule has 0 saturated carbocycles. The lowest BCUT2D eigenvalue weighted by atomic mass is 9.82. The van der Waals surface area contributed by atoms with Gasteiger partial charge in [0.2, 0.25) is 0 Å². The summed E-state index contributed by atoms with van der Waals surface area (Å²) in [5, 5.41) is 3.24. The Balaban J connectivity index is 1.64. The standard InChI is InChI=1S/C32H43N3O/c1-7-35(8-2)24-16-17-27-29(21-24)36-30-22-28(25-14-9-10-15-26(25)31(30)34-27)33-20-12-19-32(5,6)18-11-13-23(3)4/h9-10,14-17,21-23H,7-8,11-13,18-20H2,1-6H3. The first-order chi connectivity index (χ1) is 17.3. The van der Waals surface area contributed by atoms with Crippen LogP contribution in [0.25, 0.3) is 33.3 Å². The maximum atomic E-state index is 6.45. The summed E-state index contributed by atoms with van der Waals surface area (Å²) < 4.78 is 6.45. The number of benzene rings is 3. The van der Waals surface area contributed by atoms with E-state index in [0.717, 1.165) is 70.7 Å². The number of hydrogen-bond acceptors (Lipinski definition) is 4. The van der Waals surface area contributed by atoms with Crippen molar-refractivity contribution in [1.82, 2.24) is 4.98 Å². The van der Waals surface area contributed by atoms with Gasteiger partial charge in [0.25, 0.3) is 0 Å². The first kappa shape index (κ1) is 26.2. The van der Waals surface area contributed by atoms with Crippen molar-refractivity contribution in [1.29, 1.82) is 0 Å². The monoisotopic (exact) mass is 485 g/mol. The molecule has 0 atom stereocenters. The van der Waals surface area contributed by atoms with Gasteiger partial charge in [-0.2, -0.15) is 0 Å². The van der Waals surface area contributed by atoms with Crippen molar-refractivity contribution in [2.75, 3.05) is 24.5 Å². The molecule has 4 heteroatoms. The first-order valence-electron chi connectivity index (χ1n) is 13.8. The van der Waals surface area contributed by atoms with Crippen LogP contribution >= 0.6 is 0 Å². The third-order valence-corrected chi connectivity index (χ3v) is 7.41. The zero-order chi connectivity index (χ0) is 25.7. The summed E-state index contributed by atoms with van der Waals surface area (Å²) in [4.78, 5) is 12.4. The second-order valence-electron chi connectivity index (χ2n) is 11.3. The molecule has 1 heterocycles. The van der Waals surface area contributed by atoms with E-state index in [2.05, 4.69) is 95.0 Å². The summed E-state index contributed by atoms with van der Waals surface area (Å²) in [6.45, 7) is 16.5. The molecule has 0 N–H and O–H groups in total. The molecular weight excluding hydrogens is 442 g/mol. The third kappa shape index (κ3) is 6.08. The van der Waals surface area contributed by atoms with E-state index in [1.807, 2.05) is 0 Å². The number of rotatable bonds is 11. The van der Waals surface area contributed by atoms with Crippen LogP contribution in [0.15, 0.2) is 57.9 Å². The van der Waals surface area contributed by atoms with Gasteiger partial charge in [-0.25, -0.2) is 4.98 Å². The molecule has 36 heavy (non-hydrogen) atoms. The highest BCUT2D eigenvalue weighted by atomic mass is 16.3. The Kier molecular flexibility index (Phi) is 8.33. The number of fused-ring (bicyclic) bond motifs is 4. The average molecular weight is 486 g/mol. The molecule has 0 spiro atoms. The van der Waals surface area contributed by atoms with E-state index >= 15 is 0 Å². The molecule has 0 bridgehead atoms. The Morgan fingerprint density at radius 2 is 1.67 bits per heavy atom. The quantitative estimate of drug-likeness (QED) is 0.121. The van der Waals surface area contributed by atoms with Crippen LogP contribution < -0.4 is 10.3 Å². The van der Waals surface area contributed by atoms with Gasteiger partial charge in [-0.1, -0.05) is 64.8 Å². The van der Waals surface area contributed by atoms with Crippen LogP contribution in [0, 0.1) is 11.3 Å². The zero-order valence-corrected chi connectivity index (χ0v) is 23.1. The van der Waals surface area contributed by atoms with E-state index in [0.29, 0.717) is 5.41 Å². The smallest absolute Gasteiger partial charge is 0.155 e. The van der Waals surface area contributed by atoms with Crippen molar-refractivity contribution in [2.45, 2.75) is 73.6 Å². The molecule has 1 aliphatic carbocycles. The molecule has 2 aliphatic rings. The van der Waals surface area contributed by atoms with Crippen LogP contribution in [0.2, 0.25) is 0 Å². The van der Waals surface area contributed by atoms with Crippen molar-refractivity contribution in [3.05, 3.63) is 53.9 Å². The van der Waals surface area contributed by atoms with Gasteiger partial charge in [-0.3, -0.25) is 4.99 Å². The van der Waals surface area contributed by atoms with E-state index in [9.17, 15) is 0 Å². The minimum Gasteiger partial charge on any atom is -0.453 e. The van der Waals surface area contributed by atoms with Gasteiger partial charge < -0.3 is 9.32 Å². The molecule has 192 valence electrons. The van der Waals surface area contributed by atoms with Gasteiger partial charge >= 0.3 is 0 Å². The molecule has 4 rings (SSSR count). The third-order valence-electron chi connectivity index (χ3n) is 7.41. The molecule has 2 aromatic rings. The first-order valence-corrected chi connectivity index (χ1v) is 13.8. The average Bonchev–Trinajstić information content (AvgIpc) is 2.86. The minimum absolute atomic E-state index is 0.372. The molecule has 0 saturated heterocycles. The highest BCUT2D eigenvalue weighted by Crippen LogP contribution is 2.32. The van der Waals surface area contributed by atoms with Crippen molar-refractivity contribution in [3.63, 3.8) is 0 Å². The number of aromatic nitrogens is 1. The van der Waals surface area contributed by atoms with Gasteiger partial charge in [0.15, 0.2) is 11.3 Å². The summed E-state index contributed by atoms with van der Waals surface area (Å²) in [5.74, 6) is 1.59. The highest BCUT2D eigenvalue weighted by molar-refractivity contribution is 5.96. The largest absolute Gasteiger partial charge is 0.453 e. The van der Waals surface area contributed by atoms with Crippen LogP contribution in [0.5, 0.6) is 0 Å². The van der Waals surface area contributed by atoms with E-state index in [1.54, 1.807) is 0 Å². The van der Waals surface area contributed by atoms with Gasteiger partial charge in [0.1, 0.15) is 11.2 Å². The molecule has 0 aromatic heterocycles. The van der Waals surface area contributed by atoms with Crippen LogP contribution in [0.3, 0.4) is 0 Å². The molecule has 4 nitrogen and oxygen atoms in total. The maximum Gasteiger partial charge on any atom is 0.155 e. The van der Waals surface area contributed by atoms with Gasteiger partial charge in [-0.05, 0) is 56.6 Å². The van der Waals surface area contributed by atoms with Crippen molar-refractivity contribution in [3.8, 4) is 11.5 Å². The Morgan fingerprint density at radius 3 is 2.39 bits per heavy atom. The Labute approximate surface area is 216 Å². The number of anilines is 1. The summed E-state index contributed by atoms with van der Waals surface area (Å²) in [5.41, 5.74) is 4.14. The van der Waals surface area contributed by atoms with Crippen molar-refractivity contribution in [2.24, 2.45) is 16.3 Å². The molecule has 0 fully saturated rings. The molecule has 1 aliphatic heterocycles. The predicted octanol–water partition coefficient (Wildman–Crippen LogP) is 8.47. The fourth-order valence-electron chi connectivity index (χ4n) is 5.21. The number of nitrogens with zero attached hydrogens (tertiary/aromatic N) is 3. The summed E-state index contributed by atoms with van der Waals surface area (Å²) in [6.07, 6.45) is 6.22. The molecular formula is C32H43N3O. The lowest BCUT2D eigenvalue weighted by Crippen LogP contribution is -2.21. The Morgan fingerprint density at radius 1 is 0.944 bits per heavy atom. The summed E-state index contributed by atoms with van der Waals surface area (Å²) in [6, 6.07) is 16.8. The van der Waals surface area contributed by atoms with E-state index < -0.39 is 0 Å². The van der Waals surface area contributed by atoms with Crippen LogP contribution in [-0.2, 0) is 0 Å². The fraction of sp³-hybridized carbons (Fsp3) is 0.500. The van der Waals surface area contributed by atoms with Crippen LogP contribution in [-0.4, -0.2) is 24.6 Å². The summed E-state index contributed by atoms with van der Waals surface area (Å²) in [7, 11) is 0.